The number of aromatic nitrogens is 2. The molecule has 5 nitrogen and oxygen atoms in total. The van der Waals surface area contributed by atoms with E-state index >= 15 is 0 Å². The maximum Gasteiger partial charge on any atom is 0.438 e. The van der Waals surface area contributed by atoms with E-state index < -0.39 is 11.9 Å². The van der Waals surface area contributed by atoms with Crippen LogP contribution in [0, 0.1) is 0 Å². The zero-order valence-electron chi connectivity index (χ0n) is 5.50. The molecule has 1 heterocycles. The molecule has 2 N–H and O–H groups in total. The third-order valence-corrected chi connectivity index (χ3v) is 1.16. The molecule has 0 aliphatic carbocycles. The van der Waals surface area contributed by atoms with Crippen LogP contribution >= 0.6 is 0 Å². The first-order chi connectivity index (χ1) is 4.74. The van der Waals surface area contributed by atoms with Crippen LogP contribution in [0.25, 0.3) is 0 Å². The lowest BCUT2D eigenvalue weighted by molar-refractivity contribution is 0.159. The SMILES string of the molecule is CCC(O)c1noc(=O)[nH]1. The van der Waals surface area contributed by atoms with E-state index in [1.165, 1.54) is 0 Å². The minimum absolute atomic E-state index is 0.188. The molecule has 0 spiro atoms. The van der Waals surface area contributed by atoms with E-state index in [0.717, 1.165) is 0 Å². The van der Waals surface area contributed by atoms with Gasteiger partial charge in [-0.05, 0) is 6.42 Å². The van der Waals surface area contributed by atoms with Crippen molar-refractivity contribution in [1.29, 1.82) is 0 Å². The summed E-state index contributed by atoms with van der Waals surface area (Å²) in [5, 5.41) is 12.3. The molecule has 0 aliphatic rings. The van der Waals surface area contributed by atoms with E-state index in [0.29, 0.717) is 6.42 Å². The van der Waals surface area contributed by atoms with E-state index in [9.17, 15) is 4.79 Å². The second kappa shape index (κ2) is 2.66. The highest BCUT2D eigenvalue weighted by Crippen LogP contribution is 2.07. The van der Waals surface area contributed by atoms with E-state index in [1.807, 2.05) is 0 Å². The lowest BCUT2D eigenvalue weighted by atomic mass is 10.3. The van der Waals surface area contributed by atoms with Gasteiger partial charge in [-0.3, -0.25) is 9.51 Å². The van der Waals surface area contributed by atoms with E-state index in [-0.39, 0.29) is 5.82 Å². The van der Waals surface area contributed by atoms with Crippen LogP contribution in [0.1, 0.15) is 25.3 Å². The fraction of sp³-hybridized carbons (Fsp3) is 0.600. The molecule has 1 aromatic rings. The number of aromatic amines is 1. The van der Waals surface area contributed by atoms with Gasteiger partial charge in [-0.1, -0.05) is 12.1 Å². The number of nitrogens with zero attached hydrogens (tertiary/aromatic N) is 1. The third-order valence-electron chi connectivity index (χ3n) is 1.16. The molecule has 5 heteroatoms. The van der Waals surface area contributed by atoms with Crippen molar-refractivity contribution in [3.63, 3.8) is 0 Å². The monoisotopic (exact) mass is 144 g/mol. The van der Waals surface area contributed by atoms with Crippen molar-refractivity contribution in [1.82, 2.24) is 10.1 Å². The second-order valence-electron chi connectivity index (χ2n) is 1.90. The quantitative estimate of drug-likeness (QED) is 0.602. The Kier molecular flexibility index (Phi) is 1.86. The van der Waals surface area contributed by atoms with Gasteiger partial charge in [-0.15, -0.1) is 0 Å². The van der Waals surface area contributed by atoms with Gasteiger partial charge in [0.2, 0.25) is 0 Å². The first kappa shape index (κ1) is 7.01. The number of H-pyrrole nitrogens is 1. The van der Waals surface area contributed by atoms with E-state index in [1.54, 1.807) is 6.92 Å². The van der Waals surface area contributed by atoms with Crippen molar-refractivity contribution in [3.8, 4) is 0 Å². The molecule has 1 atom stereocenters. The predicted molar refractivity (Wildman–Crippen MR) is 32.4 cm³/mol. The molecule has 0 fully saturated rings. The Hall–Kier alpha value is -1.10. The Bertz CT molecular complexity index is 251. The summed E-state index contributed by atoms with van der Waals surface area (Å²) in [4.78, 5) is 12.6. The fourth-order valence-electron chi connectivity index (χ4n) is 0.578. The highest BCUT2D eigenvalue weighted by Gasteiger charge is 2.08. The van der Waals surface area contributed by atoms with Gasteiger partial charge in [0.15, 0.2) is 5.82 Å². The number of aliphatic hydroxyl groups excluding tert-OH is 1. The van der Waals surface area contributed by atoms with Gasteiger partial charge in [-0.2, -0.15) is 0 Å². The fourth-order valence-corrected chi connectivity index (χ4v) is 0.578. The smallest absolute Gasteiger partial charge is 0.385 e. The molecule has 0 aliphatic heterocycles. The topological polar surface area (TPSA) is 79.1 Å². The summed E-state index contributed by atoms with van der Waals surface area (Å²) in [5.74, 6) is -0.449. The van der Waals surface area contributed by atoms with Crippen molar-refractivity contribution in [2.24, 2.45) is 0 Å². The van der Waals surface area contributed by atoms with Crippen molar-refractivity contribution in [2.45, 2.75) is 19.4 Å². The van der Waals surface area contributed by atoms with Gasteiger partial charge >= 0.3 is 5.76 Å². The maximum absolute atomic E-state index is 10.3. The van der Waals surface area contributed by atoms with Gasteiger partial charge < -0.3 is 5.11 Å². The summed E-state index contributed by atoms with van der Waals surface area (Å²) >= 11 is 0. The Morgan fingerprint density at radius 1 is 1.90 bits per heavy atom. The lowest BCUT2D eigenvalue weighted by Crippen LogP contribution is -2.01. The van der Waals surface area contributed by atoms with Crippen LogP contribution in [0.5, 0.6) is 0 Å². The van der Waals surface area contributed by atoms with E-state index in [4.69, 9.17) is 5.11 Å². The highest BCUT2D eigenvalue weighted by molar-refractivity contribution is 4.83. The molecule has 0 radical (unpaired) electrons. The standard InChI is InChI=1S/C5H8N2O3/c1-2-3(8)4-6-5(9)10-7-4/h3,8H,2H2,1H3,(H,6,7,9). The zero-order chi connectivity index (χ0) is 7.56. The average molecular weight is 144 g/mol. The number of hydrogen-bond acceptors (Lipinski definition) is 4. The Balaban J connectivity index is 2.84. The Morgan fingerprint density at radius 3 is 3.00 bits per heavy atom. The van der Waals surface area contributed by atoms with Gasteiger partial charge in [0.05, 0.1) is 0 Å². The lowest BCUT2D eigenvalue weighted by Gasteiger charge is -1.98. The summed E-state index contributed by atoms with van der Waals surface area (Å²) in [6.07, 6.45) is -0.228. The summed E-state index contributed by atoms with van der Waals surface area (Å²) < 4.78 is 4.17. The molecule has 0 aromatic carbocycles. The molecule has 56 valence electrons. The summed E-state index contributed by atoms with van der Waals surface area (Å²) in [6, 6.07) is 0. The van der Waals surface area contributed by atoms with Crippen molar-refractivity contribution < 1.29 is 9.63 Å². The van der Waals surface area contributed by atoms with Crippen LogP contribution in [-0.4, -0.2) is 15.2 Å². The van der Waals surface area contributed by atoms with Crippen LogP contribution in [0.4, 0.5) is 0 Å². The maximum atomic E-state index is 10.3. The van der Waals surface area contributed by atoms with Gasteiger partial charge in [0, 0.05) is 0 Å². The first-order valence-electron chi connectivity index (χ1n) is 2.98. The Labute approximate surface area is 56.7 Å². The minimum atomic E-state index is -0.730. The largest absolute Gasteiger partial charge is 0.438 e. The van der Waals surface area contributed by atoms with Gasteiger partial charge in [0.1, 0.15) is 6.10 Å². The van der Waals surface area contributed by atoms with Crippen molar-refractivity contribution in [3.05, 3.63) is 16.4 Å². The summed E-state index contributed by atoms with van der Waals surface area (Å²) in [6.45, 7) is 1.78. The average Bonchev–Trinajstić information content (AvgIpc) is 2.34. The predicted octanol–water partition coefficient (Wildman–Crippen LogP) is -0.194. The van der Waals surface area contributed by atoms with Crippen LogP contribution in [-0.2, 0) is 0 Å². The third kappa shape index (κ3) is 1.24. The number of nitrogens with one attached hydrogen (secondary N) is 1. The molecule has 1 aromatic heterocycles. The molecule has 1 rings (SSSR count). The molecule has 0 bridgehead atoms. The van der Waals surface area contributed by atoms with Crippen molar-refractivity contribution >= 4 is 0 Å². The highest BCUT2D eigenvalue weighted by atomic mass is 16.5. The molecule has 0 amide bonds. The zero-order valence-corrected chi connectivity index (χ0v) is 5.50. The van der Waals surface area contributed by atoms with Gasteiger partial charge in [0.25, 0.3) is 0 Å². The Morgan fingerprint density at radius 2 is 2.60 bits per heavy atom. The number of aliphatic hydroxyl groups is 1. The van der Waals surface area contributed by atoms with E-state index in [2.05, 4.69) is 14.7 Å². The molecule has 0 saturated heterocycles. The van der Waals surface area contributed by atoms with Crippen molar-refractivity contribution in [2.75, 3.05) is 0 Å². The summed E-state index contributed by atoms with van der Waals surface area (Å²) in [5.41, 5.74) is 0. The van der Waals surface area contributed by atoms with Crippen LogP contribution in [0.15, 0.2) is 9.32 Å². The number of hydrogen-bond donors (Lipinski definition) is 2. The molecule has 1 unspecified atom stereocenters. The normalized spacial score (nSPS) is 13.4. The minimum Gasteiger partial charge on any atom is -0.385 e. The molecule has 0 saturated carbocycles. The molecular weight excluding hydrogens is 136 g/mol. The van der Waals surface area contributed by atoms with Gasteiger partial charge in [-0.25, -0.2) is 4.79 Å². The number of rotatable bonds is 2. The molecule has 10 heavy (non-hydrogen) atoms. The second-order valence-corrected chi connectivity index (χ2v) is 1.90. The summed E-state index contributed by atoms with van der Waals surface area (Å²) in [7, 11) is 0. The first-order valence-corrected chi connectivity index (χ1v) is 2.98. The van der Waals surface area contributed by atoms with Crippen LogP contribution < -0.4 is 5.76 Å². The van der Waals surface area contributed by atoms with Crippen LogP contribution in [0.3, 0.4) is 0 Å². The molecular formula is C5H8N2O3. The van der Waals surface area contributed by atoms with Crippen LogP contribution in [0.2, 0.25) is 0 Å².